The van der Waals surface area contributed by atoms with Crippen LogP contribution >= 0.6 is 22.9 Å². The van der Waals surface area contributed by atoms with Crippen molar-refractivity contribution in [1.82, 2.24) is 9.97 Å². The molecule has 2 aliphatic rings. The molecule has 0 atom stereocenters. The Kier molecular flexibility index (Phi) is 4.35. The zero-order chi connectivity index (χ0) is 16.7. The number of halogens is 1. The lowest BCUT2D eigenvalue weighted by Crippen LogP contribution is -2.37. The van der Waals surface area contributed by atoms with Crippen LogP contribution in [0.1, 0.15) is 36.6 Å². The van der Waals surface area contributed by atoms with Gasteiger partial charge in [-0.3, -0.25) is 4.79 Å². The number of fused-ring (bicyclic) bond motifs is 3. The van der Waals surface area contributed by atoms with Crippen LogP contribution in [0.5, 0.6) is 0 Å². The first kappa shape index (κ1) is 16.1. The molecule has 1 saturated heterocycles. The van der Waals surface area contributed by atoms with Crippen LogP contribution < -0.4 is 4.90 Å². The van der Waals surface area contributed by atoms with Crippen molar-refractivity contribution in [2.75, 3.05) is 24.6 Å². The maximum atomic E-state index is 11.9. The second-order valence-corrected chi connectivity index (χ2v) is 7.79. The van der Waals surface area contributed by atoms with Gasteiger partial charge in [0.15, 0.2) is 0 Å². The highest BCUT2D eigenvalue weighted by Crippen LogP contribution is 2.41. The molecule has 1 aliphatic heterocycles. The Morgan fingerprint density at radius 1 is 1.33 bits per heavy atom. The first-order valence-corrected chi connectivity index (χ1v) is 9.76. The minimum Gasteiger partial charge on any atom is -0.466 e. The van der Waals surface area contributed by atoms with Crippen LogP contribution in [-0.2, 0) is 22.4 Å². The van der Waals surface area contributed by atoms with E-state index in [0.717, 1.165) is 49.4 Å². The Morgan fingerprint density at radius 3 is 2.88 bits per heavy atom. The highest BCUT2D eigenvalue weighted by molar-refractivity contribution is 7.19. The summed E-state index contributed by atoms with van der Waals surface area (Å²) in [6.07, 6.45) is 5.05. The molecule has 0 aromatic carbocycles. The van der Waals surface area contributed by atoms with Gasteiger partial charge in [-0.1, -0.05) is 0 Å². The van der Waals surface area contributed by atoms with Crippen LogP contribution in [0.15, 0.2) is 0 Å². The molecule has 128 valence electrons. The molecule has 1 aliphatic carbocycles. The lowest BCUT2D eigenvalue weighted by molar-refractivity contribution is -0.148. The van der Waals surface area contributed by atoms with Gasteiger partial charge in [-0.15, -0.1) is 11.3 Å². The molecule has 2 aromatic heterocycles. The Morgan fingerprint density at radius 2 is 2.12 bits per heavy atom. The molecule has 0 unspecified atom stereocenters. The predicted octanol–water partition coefficient (Wildman–Crippen LogP) is 3.61. The first-order valence-electron chi connectivity index (χ1n) is 8.56. The van der Waals surface area contributed by atoms with Gasteiger partial charge in [0.05, 0.1) is 17.9 Å². The van der Waals surface area contributed by atoms with Crippen molar-refractivity contribution in [3.8, 4) is 0 Å². The van der Waals surface area contributed by atoms with Crippen molar-refractivity contribution in [2.45, 2.75) is 39.0 Å². The molecule has 0 N–H and O–H groups in total. The fourth-order valence-corrected chi connectivity index (χ4v) is 5.24. The molecule has 5 nitrogen and oxygen atoms in total. The van der Waals surface area contributed by atoms with E-state index in [0.29, 0.717) is 11.9 Å². The lowest BCUT2D eigenvalue weighted by atomic mass is 9.97. The molecule has 0 amide bonds. The average Bonchev–Trinajstić information content (AvgIpc) is 3.15. The van der Waals surface area contributed by atoms with E-state index in [1.165, 1.54) is 22.2 Å². The molecule has 24 heavy (non-hydrogen) atoms. The summed E-state index contributed by atoms with van der Waals surface area (Å²) >= 11 is 7.92. The summed E-state index contributed by atoms with van der Waals surface area (Å²) in [7, 11) is 0. The van der Waals surface area contributed by atoms with E-state index in [-0.39, 0.29) is 11.9 Å². The second kappa shape index (κ2) is 6.48. The smallest absolute Gasteiger partial charge is 0.309 e. The summed E-state index contributed by atoms with van der Waals surface area (Å²) in [6, 6.07) is 0. The average molecular weight is 366 g/mol. The van der Waals surface area contributed by atoms with Crippen LogP contribution in [0.3, 0.4) is 0 Å². The molecule has 4 rings (SSSR count). The van der Waals surface area contributed by atoms with Crippen LogP contribution in [-0.4, -0.2) is 35.6 Å². The number of nitrogens with zero attached hydrogens (tertiary/aromatic N) is 3. The quantitative estimate of drug-likeness (QED) is 0.614. The van der Waals surface area contributed by atoms with Gasteiger partial charge in [0.25, 0.3) is 0 Å². The predicted molar refractivity (Wildman–Crippen MR) is 96.0 cm³/mol. The Hall–Kier alpha value is -1.40. The van der Waals surface area contributed by atoms with Gasteiger partial charge in [0, 0.05) is 18.0 Å². The molecule has 7 heteroatoms. The number of ether oxygens (including phenoxy) is 1. The summed E-state index contributed by atoms with van der Waals surface area (Å²) in [4.78, 5) is 25.6. The molecular weight excluding hydrogens is 346 g/mol. The van der Waals surface area contributed by atoms with Gasteiger partial charge in [-0.2, -0.15) is 4.98 Å². The van der Waals surface area contributed by atoms with E-state index in [9.17, 15) is 4.79 Å². The number of hydrogen-bond donors (Lipinski definition) is 0. The molecule has 0 radical (unpaired) electrons. The monoisotopic (exact) mass is 365 g/mol. The third-order valence-electron chi connectivity index (χ3n) is 4.93. The fraction of sp³-hybridized carbons (Fsp3) is 0.588. The minimum absolute atomic E-state index is 0.00203. The number of aromatic nitrogens is 2. The van der Waals surface area contributed by atoms with Crippen molar-refractivity contribution in [3.63, 3.8) is 0 Å². The number of anilines is 1. The fourth-order valence-electron chi connectivity index (χ4n) is 3.77. The third-order valence-corrected chi connectivity index (χ3v) is 6.29. The van der Waals surface area contributed by atoms with E-state index in [2.05, 4.69) is 14.9 Å². The Labute approximate surface area is 150 Å². The molecule has 0 saturated carbocycles. The number of esters is 1. The van der Waals surface area contributed by atoms with E-state index >= 15 is 0 Å². The number of hydrogen-bond acceptors (Lipinski definition) is 6. The van der Waals surface area contributed by atoms with Gasteiger partial charge >= 0.3 is 5.97 Å². The van der Waals surface area contributed by atoms with Crippen LogP contribution in [0.4, 0.5) is 5.82 Å². The Bertz CT molecular complexity index is 784. The van der Waals surface area contributed by atoms with Gasteiger partial charge in [-0.05, 0) is 56.2 Å². The van der Waals surface area contributed by atoms with E-state index in [1.54, 1.807) is 11.3 Å². The van der Waals surface area contributed by atoms with Gasteiger partial charge in [-0.25, -0.2) is 4.98 Å². The molecule has 1 fully saturated rings. The zero-order valence-electron chi connectivity index (χ0n) is 13.7. The molecule has 2 aromatic rings. The number of rotatable bonds is 3. The Balaban J connectivity index is 1.62. The molecule has 0 spiro atoms. The van der Waals surface area contributed by atoms with Crippen molar-refractivity contribution < 1.29 is 9.53 Å². The summed E-state index contributed by atoms with van der Waals surface area (Å²) < 4.78 is 5.16. The highest BCUT2D eigenvalue weighted by atomic mass is 35.5. The number of piperidine rings is 1. The molecular formula is C17H20ClN3O2S. The van der Waals surface area contributed by atoms with Crippen molar-refractivity contribution in [1.29, 1.82) is 0 Å². The summed E-state index contributed by atoms with van der Waals surface area (Å²) in [5.41, 5.74) is 1.41. The van der Waals surface area contributed by atoms with Gasteiger partial charge < -0.3 is 9.64 Å². The number of carbonyl (C=O) groups excluding carboxylic acids is 1. The molecule has 3 heterocycles. The summed E-state index contributed by atoms with van der Waals surface area (Å²) in [5.74, 6) is 0.883. The van der Waals surface area contributed by atoms with Crippen molar-refractivity contribution in [3.05, 3.63) is 15.7 Å². The van der Waals surface area contributed by atoms with Crippen LogP contribution in [0.2, 0.25) is 5.28 Å². The number of aryl methyl sites for hydroxylation is 2. The standard InChI is InChI=1S/C17H20ClN3O2S/c1-2-23-16(22)10-6-8-21(9-7-10)14-13-11-4-3-5-12(11)24-15(13)20-17(18)19-14/h10H,2-9H2,1H3. The normalized spacial score (nSPS) is 18.2. The van der Waals surface area contributed by atoms with Crippen LogP contribution in [0, 0.1) is 5.92 Å². The first-order chi connectivity index (χ1) is 11.7. The highest BCUT2D eigenvalue weighted by Gasteiger charge is 2.30. The maximum Gasteiger partial charge on any atom is 0.309 e. The largest absolute Gasteiger partial charge is 0.466 e. The van der Waals surface area contributed by atoms with Gasteiger partial charge in [0.1, 0.15) is 10.6 Å². The number of carbonyl (C=O) groups is 1. The van der Waals surface area contributed by atoms with E-state index in [1.807, 2.05) is 6.92 Å². The maximum absolute atomic E-state index is 11.9. The van der Waals surface area contributed by atoms with Crippen molar-refractivity contribution in [2.24, 2.45) is 5.92 Å². The summed E-state index contributed by atoms with van der Waals surface area (Å²) in [5, 5.41) is 1.50. The van der Waals surface area contributed by atoms with Gasteiger partial charge in [0.2, 0.25) is 5.28 Å². The molecule has 0 bridgehead atoms. The minimum atomic E-state index is -0.0700. The SMILES string of the molecule is CCOC(=O)C1CCN(c2nc(Cl)nc3sc4c(c23)CCC4)CC1. The zero-order valence-corrected chi connectivity index (χ0v) is 15.3. The second-order valence-electron chi connectivity index (χ2n) is 6.37. The lowest BCUT2D eigenvalue weighted by Gasteiger charge is -2.32. The topological polar surface area (TPSA) is 55.3 Å². The summed E-state index contributed by atoms with van der Waals surface area (Å²) in [6.45, 7) is 3.90. The van der Waals surface area contributed by atoms with E-state index < -0.39 is 0 Å². The number of thiophene rings is 1. The van der Waals surface area contributed by atoms with Crippen LogP contribution in [0.25, 0.3) is 10.2 Å². The third kappa shape index (κ3) is 2.75. The van der Waals surface area contributed by atoms with E-state index in [4.69, 9.17) is 16.3 Å². The van der Waals surface area contributed by atoms with Crippen molar-refractivity contribution >= 4 is 44.9 Å².